The lowest BCUT2D eigenvalue weighted by Gasteiger charge is -2.19. The number of methoxy groups -OCH3 is 2. The number of nitrogens with zero attached hydrogens (tertiary/aromatic N) is 1. The molecule has 0 spiro atoms. The molecule has 11 heteroatoms. The number of halogens is 6. The number of carbonyl (C=O) groups is 1. The zero-order valence-corrected chi connectivity index (χ0v) is 11.1. The molecule has 5 nitrogen and oxygen atoms in total. The zero-order valence-electron chi connectivity index (χ0n) is 11.1. The fraction of sp³-hybridized carbons (Fsp3) is 0.455. The first-order valence-electron chi connectivity index (χ1n) is 5.45. The number of alkyl halides is 6. The molecule has 0 unspecified atom stereocenters. The molecule has 1 heterocycles. The summed E-state index contributed by atoms with van der Waals surface area (Å²) in [4.78, 5) is 14.0. The Morgan fingerprint density at radius 1 is 1.14 bits per heavy atom. The molecule has 1 rings (SSSR count). The third-order valence-corrected chi connectivity index (χ3v) is 2.32. The van der Waals surface area contributed by atoms with Crippen LogP contribution >= 0.6 is 0 Å². The van der Waals surface area contributed by atoms with E-state index >= 15 is 0 Å². The molecule has 0 aliphatic rings. The second-order valence-corrected chi connectivity index (χ2v) is 3.79. The summed E-state index contributed by atoms with van der Waals surface area (Å²) in [6.45, 7) is 0. The molecule has 0 aliphatic heterocycles. The molecule has 0 saturated carbocycles. The van der Waals surface area contributed by atoms with Gasteiger partial charge in [-0.1, -0.05) is 0 Å². The lowest BCUT2D eigenvalue weighted by molar-refractivity contribution is -0.277. The Hall–Kier alpha value is -2.20. The summed E-state index contributed by atoms with van der Waals surface area (Å²) >= 11 is 0. The molecule has 0 aliphatic carbocycles. The summed E-state index contributed by atoms with van der Waals surface area (Å²) in [5.41, 5.74) is -2.27. The van der Waals surface area contributed by atoms with Gasteiger partial charge in [-0.2, -0.15) is 13.2 Å². The first-order valence-corrected chi connectivity index (χ1v) is 5.45. The van der Waals surface area contributed by atoms with Crippen molar-refractivity contribution < 1.29 is 45.3 Å². The third-order valence-electron chi connectivity index (χ3n) is 2.32. The monoisotopic (exact) mass is 333 g/mol. The van der Waals surface area contributed by atoms with Crippen LogP contribution in [0.1, 0.15) is 11.3 Å². The van der Waals surface area contributed by atoms with Crippen molar-refractivity contribution >= 4 is 5.97 Å². The summed E-state index contributed by atoms with van der Waals surface area (Å²) < 4.78 is 87.4. The summed E-state index contributed by atoms with van der Waals surface area (Å²) in [5.74, 6) is -3.47. The van der Waals surface area contributed by atoms with Gasteiger partial charge in [-0.05, 0) is 0 Å². The SMILES string of the molecule is COC(=O)Cc1cnc(C(F)(F)F)c(OC(F)(F)F)c1OC. The highest BCUT2D eigenvalue weighted by Gasteiger charge is 2.43. The van der Waals surface area contributed by atoms with Crippen LogP contribution in [0.5, 0.6) is 11.5 Å². The van der Waals surface area contributed by atoms with Gasteiger partial charge in [-0.3, -0.25) is 4.79 Å². The van der Waals surface area contributed by atoms with E-state index < -0.39 is 42.1 Å². The Bertz CT molecular complexity index is 555. The largest absolute Gasteiger partial charge is 0.573 e. The topological polar surface area (TPSA) is 57.7 Å². The van der Waals surface area contributed by atoms with E-state index in [0.29, 0.717) is 6.20 Å². The van der Waals surface area contributed by atoms with E-state index in [-0.39, 0.29) is 5.56 Å². The molecule has 0 aromatic carbocycles. The van der Waals surface area contributed by atoms with Crippen LogP contribution < -0.4 is 9.47 Å². The Morgan fingerprint density at radius 3 is 2.14 bits per heavy atom. The lowest BCUT2D eigenvalue weighted by Crippen LogP contribution is -2.22. The van der Waals surface area contributed by atoms with E-state index in [9.17, 15) is 31.1 Å². The van der Waals surface area contributed by atoms with Gasteiger partial charge in [0.05, 0.1) is 20.6 Å². The van der Waals surface area contributed by atoms with Gasteiger partial charge in [0.1, 0.15) is 0 Å². The van der Waals surface area contributed by atoms with E-state index in [1.54, 1.807) is 0 Å². The average Bonchev–Trinajstić information content (AvgIpc) is 2.35. The Balaban J connectivity index is 3.48. The van der Waals surface area contributed by atoms with E-state index in [4.69, 9.17) is 0 Å². The van der Waals surface area contributed by atoms with Crippen molar-refractivity contribution in [2.24, 2.45) is 0 Å². The second-order valence-electron chi connectivity index (χ2n) is 3.79. The van der Waals surface area contributed by atoms with E-state index in [1.165, 1.54) is 0 Å². The highest BCUT2D eigenvalue weighted by molar-refractivity contribution is 5.74. The van der Waals surface area contributed by atoms with Crippen LogP contribution in [0.15, 0.2) is 6.20 Å². The van der Waals surface area contributed by atoms with E-state index in [2.05, 4.69) is 19.2 Å². The highest BCUT2D eigenvalue weighted by Crippen LogP contribution is 2.44. The summed E-state index contributed by atoms with van der Waals surface area (Å²) in [6, 6.07) is 0. The lowest BCUT2D eigenvalue weighted by atomic mass is 10.1. The van der Waals surface area contributed by atoms with Crippen molar-refractivity contribution in [1.82, 2.24) is 4.98 Å². The molecule has 0 amide bonds. The molecule has 0 saturated heterocycles. The quantitative estimate of drug-likeness (QED) is 0.626. The summed E-state index contributed by atoms with van der Waals surface area (Å²) in [6.07, 6.45) is -10.7. The van der Waals surface area contributed by atoms with Crippen molar-refractivity contribution in [2.45, 2.75) is 19.0 Å². The number of hydrogen-bond acceptors (Lipinski definition) is 5. The van der Waals surface area contributed by atoms with Gasteiger partial charge in [0.25, 0.3) is 0 Å². The minimum atomic E-state index is -5.40. The van der Waals surface area contributed by atoms with Crippen LogP contribution in [-0.2, 0) is 22.1 Å². The van der Waals surface area contributed by atoms with Crippen LogP contribution in [0, 0.1) is 0 Å². The van der Waals surface area contributed by atoms with Gasteiger partial charge in [0, 0.05) is 11.8 Å². The maximum atomic E-state index is 12.7. The maximum absolute atomic E-state index is 12.7. The predicted molar refractivity (Wildman–Crippen MR) is 58.2 cm³/mol. The molecule has 0 N–H and O–H groups in total. The Kier molecular flexibility index (Phi) is 5.09. The number of pyridine rings is 1. The van der Waals surface area contributed by atoms with Gasteiger partial charge in [0.15, 0.2) is 11.4 Å². The fourth-order valence-corrected chi connectivity index (χ4v) is 1.50. The summed E-state index contributed by atoms with van der Waals surface area (Å²) in [5, 5.41) is 0. The molecule has 22 heavy (non-hydrogen) atoms. The minimum Gasteiger partial charge on any atom is -0.492 e. The van der Waals surface area contributed by atoms with Crippen molar-refractivity contribution in [3.05, 3.63) is 17.5 Å². The fourth-order valence-electron chi connectivity index (χ4n) is 1.50. The van der Waals surface area contributed by atoms with Gasteiger partial charge < -0.3 is 14.2 Å². The number of carbonyl (C=O) groups excluding carboxylic acids is 1. The highest BCUT2D eigenvalue weighted by atomic mass is 19.4. The van der Waals surface area contributed by atoms with Crippen LogP contribution in [0.2, 0.25) is 0 Å². The normalized spacial score (nSPS) is 12.0. The van der Waals surface area contributed by atoms with Gasteiger partial charge in [0.2, 0.25) is 5.75 Å². The van der Waals surface area contributed by atoms with E-state index in [0.717, 1.165) is 14.2 Å². The number of esters is 1. The van der Waals surface area contributed by atoms with Crippen molar-refractivity contribution in [2.75, 3.05) is 14.2 Å². The number of hydrogen-bond donors (Lipinski definition) is 0. The van der Waals surface area contributed by atoms with Crippen LogP contribution in [-0.4, -0.2) is 31.5 Å². The van der Waals surface area contributed by atoms with Gasteiger partial charge >= 0.3 is 18.5 Å². The molecule has 1 aromatic rings. The number of ether oxygens (including phenoxy) is 3. The second kappa shape index (κ2) is 6.28. The maximum Gasteiger partial charge on any atom is 0.573 e. The minimum absolute atomic E-state index is 0.346. The molecular weight excluding hydrogens is 324 g/mol. The Labute approximate surface area is 119 Å². The molecule has 0 bridgehead atoms. The van der Waals surface area contributed by atoms with Crippen LogP contribution in [0.25, 0.3) is 0 Å². The first kappa shape index (κ1) is 17.9. The van der Waals surface area contributed by atoms with E-state index in [1.807, 2.05) is 0 Å². The van der Waals surface area contributed by atoms with Crippen molar-refractivity contribution in [3.63, 3.8) is 0 Å². The molecular formula is C11H9F6NO4. The first-order chi connectivity index (χ1) is 9.99. The average molecular weight is 333 g/mol. The summed E-state index contributed by atoms with van der Waals surface area (Å²) in [7, 11) is 1.83. The van der Waals surface area contributed by atoms with Gasteiger partial charge in [-0.25, -0.2) is 4.98 Å². The Morgan fingerprint density at radius 2 is 1.73 bits per heavy atom. The zero-order chi connectivity index (χ0) is 17.1. The smallest absolute Gasteiger partial charge is 0.492 e. The molecule has 1 aromatic heterocycles. The van der Waals surface area contributed by atoms with Crippen molar-refractivity contribution in [1.29, 1.82) is 0 Å². The van der Waals surface area contributed by atoms with Crippen LogP contribution in [0.4, 0.5) is 26.3 Å². The third kappa shape index (κ3) is 4.40. The molecule has 0 atom stereocenters. The van der Waals surface area contributed by atoms with Crippen molar-refractivity contribution in [3.8, 4) is 11.5 Å². The number of rotatable bonds is 4. The molecule has 0 fully saturated rings. The standard InChI is InChI=1S/C11H9F6NO4/c1-20-6(19)3-5-4-18-9(10(12,13)14)8(7(5)21-2)22-11(15,16)17/h4H,3H2,1-2H3. The number of aromatic nitrogens is 1. The molecule has 124 valence electrons. The van der Waals surface area contributed by atoms with Crippen LogP contribution in [0.3, 0.4) is 0 Å². The predicted octanol–water partition coefficient (Wildman–Crippen LogP) is 2.72. The molecule has 0 radical (unpaired) electrons. The van der Waals surface area contributed by atoms with Gasteiger partial charge in [-0.15, -0.1) is 13.2 Å².